The summed E-state index contributed by atoms with van der Waals surface area (Å²) in [6.07, 6.45) is -0.613. The van der Waals surface area contributed by atoms with E-state index in [9.17, 15) is 23.2 Å². The van der Waals surface area contributed by atoms with Crippen LogP contribution < -0.4 is 10.9 Å². The predicted molar refractivity (Wildman–Crippen MR) is 100 cm³/mol. The van der Waals surface area contributed by atoms with Gasteiger partial charge >= 0.3 is 5.97 Å². The number of amides is 1. The average Bonchev–Trinajstić information content (AvgIpc) is 3.05. The van der Waals surface area contributed by atoms with Crippen molar-refractivity contribution in [1.82, 2.24) is 15.1 Å². The van der Waals surface area contributed by atoms with Crippen molar-refractivity contribution in [2.24, 2.45) is 0 Å². The number of halogens is 3. The molecule has 7 nitrogen and oxygen atoms in total. The first-order chi connectivity index (χ1) is 13.8. The molecule has 1 unspecified atom stereocenters. The van der Waals surface area contributed by atoms with Gasteiger partial charge in [0.15, 0.2) is 0 Å². The minimum atomic E-state index is -1.28. The van der Waals surface area contributed by atoms with E-state index in [0.717, 1.165) is 16.8 Å². The molecular weight excluding hydrogens is 408 g/mol. The van der Waals surface area contributed by atoms with Crippen LogP contribution in [-0.4, -0.2) is 26.8 Å². The SMILES string of the molecule is O=C(O)CC(NC(=O)c1cc(=O)n(-c2cccc(F)c2)[nH]1)c1cccc(Cl)c1F. The van der Waals surface area contributed by atoms with Crippen LogP contribution in [0.1, 0.15) is 28.5 Å². The molecule has 3 rings (SSSR count). The first kappa shape index (κ1) is 20.3. The lowest BCUT2D eigenvalue weighted by molar-refractivity contribution is -0.137. The fourth-order valence-corrected chi connectivity index (χ4v) is 2.94. The van der Waals surface area contributed by atoms with Gasteiger partial charge in [-0.1, -0.05) is 29.8 Å². The second-order valence-corrected chi connectivity index (χ2v) is 6.50. The number of carbonyl (C=O) groups excluding carboxylic acids is 1. The number of rotatable bonds is 6. The topological polar surface area (TPSA) is 104 Å². The minimum absolute atomic E-state index is 0.111. The number of benzene rings is 2. The summed E-state index contributed by atoms with van der Waals surface area (Å²) in [4.78, 5) is 35.9. The lowest BCUT2D eigenvalue weighted by atomic mass is 10.0. The van der Waals surface area contributed by atoms with E-state index >= 15 is 0 Å². The zero-order valence-electron chi connectivity index (χ0n) is 14.7. The number of hydrogen-bond donors (Lipinski definition) is 3. The van der Waals surface area contributed by atoms with Gasteiger partial charge < -0.3 is 10.4 Å². The van der Waals surface area contributed by atoms with Crippen molar-refractivity contribution in [3.05, 3.63) is 86.8 Å². The fourth-order valence-electron chi connectivity index (χ4n) is 2.76. The van der Waals surface area contributed by atoms with Crippen molar-refractivity contribution < 1.29 is 23.5 Å². The van der Waals surface area contributed by atoms with Crippen molar-refractivity contribution in [2.75, 3.05) is 0 Å². The molecule has 0 spiro atoms. The van der Waals surface area contributed by atoms with Crippen molar-refractivity contribution in [3.63, 3.8) is 0 Å². The number of aromatic amines is 1. The maximum Gasteiger partial charge on any atom is 0.305 e. The number of nitrogens with one attached hydrogen (secondary N) is 2. The van der Waals surface area contributed by atoms with Crippen LogP contribution in [0.5, 0.6) is 0 Å². The third-order valence-corrected chi connectivity index (χ3v) is 4.36. The van der Waals surface area contributed by atoms with Gasteiger partial charge in [-0.3, -0.25) is 19.5 Å². The zero-order valence-corrected chi connectivity index (χ0v) is 15.4. The van der Waals surface area contributed by atoms with E-state index in [0.29, 0.717) is 0 Å². The van der Waals surface area contributed by atoms with Crippen LogP contribution in [0.2, 0.25) is 5.02 Å². The molecular formula is C19H14ClF2N3O4. The summed E-state index contributed by atoms with van der Waals surface area (Å²) in [5.74, 6) is -3.55. The molecule has 0 aliphatic rings. The van der Waals surface area contributed by atoms with Crippen molar-refractivity contribution in [2.45, 2.75) is 12.5 Å². The van der Waals surface area contributed by atoms with E-state index in [1.165, 1.54) is 36.4 Å². The van der Waals surface area contributed by atoms with Crippen LogP contribution in [0.15, 0.2) is 53.3 Å². The van der Waals surface area contributed by atoms with Gasteiger partial charge in [0.05, 0.1) is 23.2 Å². The normalized spacial score (nSPS) is 11.8. The van der Waals surface area contributed by atoms with Crippen LogP contribution in [0.3, 0.4) is 0 Å². The predicted octanol–water partition coefficient (Wildman–Crippen LogP) is 3.04. The van der Waals surface area contributed by atoms with Crippen LogP contribution in [0.25, 0.3) is 5.69 Å². The second-order valence-electron chi connectivity index (χ2n) is 6.09. The summed E-state index contributed by atoms with van der Waals surface area (Å²) in [5, 5.41) is 13.8. The molecule has 1 atom stereocenters. The largest absolute Gasteiger partial charge is 0.481 e. The highest BCUT2D eigenvalue weighted by atomic mass is 35.5. The number of carboxylic acid groups (broad SMARTS) is 1. The van der Waals surface area contributed by atoms with Gasteiger partial charge in [0, 0.05) is 11.6 Å². The van der Waals surface area contributed by atoms with Crippen molar-refractivity contribution >= 4 is 23.5 Å². The van der Waals surface area contributed by atoms with E-state index in [2.05, 4.69) is 10.4 Å². The van der Waals surface area contributed by atoms with Crippen LogP contribution >= 0.6 is 11.6 Å². The summed E-state index contributed by atoms with van der Waals surface area (Å²) in [6, 6.07) is 8.87. The molecule has 0 radical (unpaired) electrons. The number of aliphatic carboxylic acids is 1. The molecule has 0 bridgehead atoms. The Morgan fingerprint density at radius 2 is 1.90 bits per heavy atom. The molecule has 1 heterocycles. The van der Waals surface area contributed by atoms with E-state index < -0.39 is 41.5 Å². The summed E-state index contributed by atoms with van der Waals surface area (Å²) >= 11 is 5.74. The number of carbonyl (C=O) groups is 2. The smallest absolute Gasteiger partial charge is 0.305 e. The van der Waals surface area contributed by atoms with E-state index in [1.807, 2.05) is 0 Å². The van der Waals surface area contributed by atoms with Crippen LogP contribution in [-0.2, 0) is 4.79 Å². The van der Waals surface area contributed by atoms with Gasteiger partial charge in [-0.05, 0) is 24.3 Å². The third kappa shape index (κ3) is 4.52. The monoisotopic (exact) mass is 421 g/mol. The molecule has 0 fully saturated rings. The quantitative estimate of drug-likeness (QED) is 0.569. The molecule has 10 heteroatoms. The fraction of sp³-hybridized carbons (Fsp3) is 0.105. The molecule has 3 N–H and O–H groups in total. The molecule has 0 saturated heterocycles. The number of carboxylic acids is 1. The Hall–Kier alpha value is -3.46. The first-order valence-electron chi connectivity index (χ1n) is 8.31. The minimum Gasteiger partial charge on any atom is -0.481 e. The van der Waals surface area contributed by atoms with Crippen LogP contribution in [0.4, 0.5) is 8.78 Å². The highest BCUT2D eigenvalue weighted by Gasteiger charge is 2.24. The van der Waals surface area contributed by atoms with Gasteiger partial charge in [-0.15, -0.1) is 0 Å². The Labute approximate surface area is 167 Å². The summed E-state index contributed by atoms with van der Waals surface area (Å²) < 4.78 is 28.6. The molecule has 1 amide bonds. The first-order valence-corrected chi connectivity index (χ1v) is 8.68. The van der Waals surface area contributed by atoms with Crippen molar-refractivity contribution in [3.8, 4) is 5.69 Å². The molecule has 0 aliphatic heterocycles. The Bertz CT molecular complexity index is 1140. The zero-order chi connectivity index (χ0) is 21.1. The van der Waals surface area contributed by atoms with Gasteiger partial charge in [-0.25, -0.2) is 13.5 Å². The van der Waals surface area contributed by atoms with E-state index in [-0.39, 0.29) is 22.0 Å². The molecule has 0 aliphatic carbocycles. The lowest BCUT2D eigenvalue weighted by Gasteiger charge is -2.18. The highest BCUT2D eigenvalue weighted by molar-refractivity contribution is 6.30. The summed E-state index contributed by atoms with van der Waals surface area (Å²) in [7, 11) is 0. The van der Waals surface area contributed by atoms with Gasteiger partial charge in [-0.2, -0.15) is 0 Å². The third-order valence-electron chi connectivity index (χ3n) is 4.07. The number of H-pyrrole nitrogens is 1. The standard InChI is InChI=1S/C19H14ClF2N3O4/c20-13-6-2-5-12(18(13)22)14(9-17(27)28)23-19(29)15-8-16(26)25(24-15)11-4-1-3-10(21)7-11/h1-8,14,24H,9H2,(H,23,29)(H,27,28). The molecule has 0 saturated carbocycles. The molecule has 1 aromatic heterocycles. The van der Waals surface area contributed by atoms with Gasteiger partial charge in [0.1, 0.15) is 17.3 Å². The molecule has 3 aromatic rings. The Balaban J connectivity index is 1.91. The Morgan fingerprint density at radius 1 is 1.17 bits per heavy atom. The molecule has 2 aromatic carbocycles. The maximum absolute atomic E-state index is 14.3. The average molecular weight is 422 g/mol. The molecule has 150 valence electrons. The van der Waals surface area contributed by atoms with E-state index in [1.54, 1.807) is 0 Å². The number of hydrogen-bond acceptors (Lipinski definition) is 3. The van der Waals surface area contributed by atoms with Crippen LogP contribution in [0, 0.1) is 11.6 Å². The Morgan fingerprint density at radius 3 is 2.59 bits per heavy atom. The van der Waals surface area contributed by atoms with Gasteiger partial charge in [0.25, 0.3) is 11.5 Å². The molecule has 29 heavy (non-hydrogen) atoms. The Kier molecular flexibility index (Phi) is 5.79. The van der Waals surface area contributed by atoms with Crippen molar-refractivity contribution in [1.29, 1.82) is 0 Å². The second kappa shape index (κ2) is 8.27. The van der Waals surface area contributed by atoms with Gasteiger partial charge in [0.2, 0.25) is 0 Å². The highest BCUT2D eigenvalue weighted by Crippen LogP contribution is 2.25. The number of aromatic nitrogens is 2. The summed E-state index contributed by atoms with van der Waals surface area (Å²) in [5.41, 5.74) is -0.793. The number of nitrogens with zero attached hydrogens (tertiary/aromatic N) is 1. The summed E-state index contributed by atoms with van der Waals surface area (Å²) in [6.45, 7) is 0. The maximum atomic E-state index is 14.3. The lowest BCUT2D eigenvalue weighted by Crippen LogP contribution is -2.31. The van der Waals surface area contributed by atoms with E-state index in [4.69, 9.17) is 16.7 Å².